The lowest BCUT2D eigenvalue weighted by Gasteiger charge is -2.10. The van der Waals surface area contributed by atoms with Crippen LogP contribution in [0.15, 0.2) is 47.5 Å². The molecule has 0 saturated heterocycles. The second-order valence-corrected chi connectivity index (χ2v) is 6.11. The van der Waals surface area contributed by atoms with E-state index in [0.29, 0.717) is 11.4 Å². The normalized spacial score (nSPS) is 12.1. The van der Waals surface area contributed by atoms with Gasteiger partial charge in [-0.05, 0) is 53.8 Å². The zero-order chi connectivity index (χ0) is 19.2. The molecule has 0 fully saturated rings. The van der Waals surface area contributed by atoms with Crippen LogP contribution in [0.1, 0.15) is 11.1 Å². The largest absolute Gasteiger partial charge is 0.573 e. The Morgan fingerprint density at radius 3 is 2.46 bits per heavy atom. The molecule has 0 amide bonds. The molecule has 0 spiro atoms. The average Bonchev–Trinajstić information content (AvgIpc) is 2.55. The van der Waals surface area contributed by atoms with Gasteiger partial charge in [0.15, 0.2) is 5.96 Å². The third-order valence-electron chi connectivity index (χ3n) is 3.25. The SMILES string of the molecule is CSCc1cc(F)ccc1CN=C(N)Nc1ccc(OC(F)(F)F)cc1. The van der Waals surface area contributed by atoms with Crippen LogP contribution < -0.4 is 15.8 Å². The van der Waals surface area contributed by atoms with Gasteiger partial charge in [0.25, 0.3) is 0 Å². The second kappa shape index (κ2) is 8.79. The fourth-order valence-electron chi connectivity index (χ4n) is 2.14. The monoisotopic (exact) mass is 387 g/mol. The highest BCUT2D eigenvalue weighted by Gasteiger charge is 2.30. The van der Waals surface area contributed by atoms with Gasteiger partial charge in [0.05, 0.1) is 6.54 Å². The topological polar surface area (TPSA) is 59.6 Å². The smallest absolute Gasteiger partial charge is 0.406 e. The van der Waals surface area contributed by atoms with Gasteiger partial charge in [-0.2, -0.15) is 11.8 Å². The van der Waals surface area contributed by atoms with E-state index in [9.17, 15) is 17.6 Å². The van der Waals surface area contributed by atoms with Crippen LogP contribution in [0, 0.1) is 5.82 Å². The highest BCUT2D eigenvalue weighted by Crippen LogP contribution is 2.24. The van der Waals surface area contributed by atoms with Gasteiger partial charge in [0, 0.05) is 11.4 Å². The summed E-state index contributed by atoms with van der Waals surface area (Å²) in [4.78, 5) is 4.18. The van der Waals surface area contributed by atoms with Crippen molar-refractivity contribution >= 4 is 23.4 Å². The van der Waals surface area contributed by atoms with Gasteiger partial charge < -0.3 is 15.8 Å². The van der Waals surface area contributed by atoms with Gasteiger partial charge in [-0.3, -0.25) is 0 Å². The maximum Gasteiger partial charge on any atom is 0.573 e. The first-order valence-corrected chi connectivity index (χ1v) is 8.85. The number of hydrogen-bond donors (Lipinski definition) is 2. The predicted molar refractivity (Wildman–Crippen MR) is 95.7 cm³/mol. The van der Waals surface area contributed by atoms with Crippen LogP contribution in [0.25, 0.3) is 0 Å². The van der Waals surface area contributed by atoms with Crippen LogP contribution in [-0.2, 0) is 12.3 Å². The molecule has 0 atom stereocenters. The lowest BCUT2D eigenvalue weighted by Crippen LogP contribution is -2.22. The van der Waals surface area contributed by atoms with Crippen molar-refractivity contribution in [2.75, 3.05) is 11.6 Å². The summed E-state index contributed by atoms with van der Waals surface area (Å²) in [6.45, 7) is 0.254. The molecular weight excluding hydrogens is 370 g/mol. The van der Waals surface area contributed by atoms with Gasteiger partial charge >= 0.3 is 6.36 Å². The molecule has 9 heteroatoms. The Kier molecular flexibility index (Phi) is 6.73. The van der Waals surface area contributed by atoms with Crippen LogP contribution in [0.4, 0.5) is 23.2 Å². The molecule has 140 valence electrons. The maximum absolute atomic E-state index is 13.3. The number of nitrogens with zero attached hydrogens (tertiary/aromatic N) is 1. The van der Waals surface area contributed by atoms with E-state index in [1.165, 1.54) is 36.4 Å². The van der Waals surface area contributed by atoms with Crippen LogP contribution in [0.3, 0.4) is 0 Å². The summed E-state index contributed by atoms with van der Waals surface area (Å²) in [5, 5.41) is 2.78. The number of thioether (sulfide) groups is 1. The van der Waals surface area contributed by atoms with E-state index < -0.39 is 6.36 Å². The van der Waals surface area contributed by atoms with Gasteiger partial charge in [0.2, 0.25) is 0 Å². The van der Waals surface area contributed by atoms with E-state index in [-0.39, 0.29) is 24.1 Å². The molecule has 0 heterocycles. The number of alkyl halides is 3. The van der Waals surface area contributed by atoms with Crippen LogP contribution >= 0.6 is 11.8 Å². The van der Waals surface area contributed by atoms with E-state index in [1.807, 2.05) is 6.26 Å². The van der Waals surface area contributed by atoms with Crippen molar-refractivity contribution in [2.24, 2.45) is 10.7 Å². The number of anilines is 1. The fourth-order valence-corrected chi connectivity index (χ4v) is 2.72. The van der Waals surface area contributed by atoms with Crippen molar-refractivity contribution in [1.82, 2.24) is 0 Å². The molecule has 0 radical (unpaired) electrons. The number of halogens is 4. The summed E-state index contributed by atoms with van der Waals surface area (Å²) in [6, 6.07) is 9.59. The van der Waals surface area contributed by atoms with Crippen molar-refractivity contribution in [1.29, 1.82) is 0 Å². The fraction of sp³-hybridized carbons (Fsp3) is 0.235. The van der Waals surface area contributed by atoms with E-state index in [0.717, 1.165) is 11.1 Å². The Morgan fingerprint density at radius 2 is 1.85 bits per heavy atom. The van der Waals surface area contributed by atoms with Crippen molar-refractivity contribution in [2.45, 2.75) is 18.7 Å². The molecule has 0 aromatic heterocycles. The summed E-state index contributed by atoms with van der Waals surface area (Å²) in [5.74, 6) is 0.103. The Balaban J connectivity index is 2.00. The summed E-state index contributed by atoms with van der Waals surface area (Å²) in [5.41, 5.74) is 7.94. The number of hydrogen-bond acceptors (Lipinski definition) is 3. The third kappa shape index (κ3) is 6.47. The molecule has 0 aliphatic heterocycles. The molecule has 2 aromatic carbocycles. The number of benzene rings is 2. The average molecular weight is 387 g/mol. The standard InChI is InChI=1S/C17H17F4N3OS/c1-26-10-12-8-13(18)3-2-11(12)9-23-16(22)24-14-4-6-15(7-5-14)25-17(19,20)21/h2-8H,9-10H2,1H3,(H3,22,23,24). The minimum absolute atomic E-state index is 0.0916. The van der Waals surface area contributed by atoms with Crippen LogP contribution in [-0.4, -0.2) is 18.6 Å². The van der Waals surface area contributed by atoms with Gasteiger partial charge in [0.1, 0.15) is 11.6 Å². The molecule has 26 heavy (non-hydrogen) atoms. The van der Waals surface area contributed by atoms with E-state index in [1.54, 1.807) is 17.8 Å². The first-order chi connectivity index (χ1) is 12.3. The molecule has 0 unspecified atom stereocenters. The summed E-state index contributed by atoms with van der Waals surface area (Å²) < 4.78 is 53.5. The van der Waals surface area contributed by atoms with E-state index in [4.69, 9.17) is 5.73 Å². The van der Waals surface area contributed by atoms with E-state index >= 15 is 0 Å². The molecule has 2 aromatic rings. The van der Waals surface area contributed by atoms with Crippen molar-refractivity contribution in [3.63, 3.8) is 0 Å². The highest BCUT2D eigenvalue weighted by molar-refractivity contribution is 7.97. The number of guanidine groups is 1. The minimum atomic E-state index is -4.74. The molecule has 3 N–H and O–H groups in total. The number of nitrogens with two attached hydrogens (primary N) is 1. The Hall–Kier alpha value is -2.42. The maximum atomic E-state index is 13.3. The second-order valence-electron chi connectivity index (χ2n) is 5.24. The zero-order valence-electron chi connectivity index (χ0n) is 13.8. The minimum Gasteiger partial charge on any atom is -0.406 e. The van der Waals surface area contributed by atoms with E-state index in [2.05, 4.69) is 15.0 Å². The number of nitrogens with one attached hydrogen (secondary N) is 1. The molecule has 2 rings (SSSR count). The number of ether oxygens (including phenoxy) is 1. The van der Waals surface area contributed by atoms with Crippen molar-refractivity contribution in [3.8, 4) is 5.75 Å². The Bertz CT molecular complexity index is 764. The lowest BCUT2D eigenvalue weighted by atomic mass is 10.1. The quantitative estimate of drug-likeness (QED) is 0.435. The third-order valence-corrected chi connectivity index (χ3v) is 3.85. The van der Waals surface area contributed by atoms with Gasteiger partial charge in [-0.25, -0.2) is 9.38 Å². The first kappa shape index (κ1) is 19.9. The number of aliphatic imine (C=N–C) groups is 1. The Labute approximate surface area is 152 Å². The van der Waals surface area contributed by atoms with Crippen molar-refractivity contribution in [3.05, 3.63) is 59.4 Å². The summed E-state index contributed by atoms with van der Waals surface area (Å²) >= 11 is 1.57. The molecule has 0 aliphatic rings. The van der Waals surface area contributed by atoms with Crippen LogP contribution in [0.5, 0.6) is 5.75 Å². The first-order valence-electron chi connectivity index (χ1n) is 7.46. The summed E-state index contributed by atoms with van der Waals surface area (Å²) in [7, 11) is 0. The predicted octanol–water partition coefficient (Wildman–Crippen LogP) is 4.51. The molecular formula is C17H17F4N3OS. The molecule has 0 saturated carbocycles. The molecule has 4 nitrogen and oxygen atoms in total. The lowest BCUT2D eigenvalue weighted by molar-refractivity contribution is -0.274. The highest BCUT2D eigenvalue weighted by atomic mass is 32.2. The molecule has 0 bridgehead atoms. The van der Waals surface area contributed by atoms with Gasteiger partial charge in [-0.1, -0.05) is 6.07 Å². The Morgan fingerprint density at radius 1 is 1.15 bits per heavy atom. The molecule has 0 aliphatic carbocycles. The summed E-state index contributed by atoms with van der Waals surface area (Å²) in [6.07, 6.45) is -2.82. The van der Waals surface area contributed by atoms with Gasteiger partial charge in [-0.15, -0.1) is 13.2 Å². The van der Waals surface area contributed by atoms with Crippen molar-refractivity contribution < 1.29 is 22.3 Å². The number of rotatable bonds is 6. The van der Waals surface area contributed by atoms with Crippen LogP contribution in [0.2, 0.25) is 0 Å². The zero-order valence-corrected chi connectivity index (χ0v) is 14.6.